The average Bonchev–Trinajstić information content (AvgIpc) is 3.03. The van der Waals surface area contributed by atoms with E-state index in [0.29, 0.717) is 17.0 Å². The molecular formula is C12H16ClN5O2S. The smallest absolute Gasteiger partial charge is 0.167 e. The Hall–Kier alpha value is -1.09. The third-order valence-electron chi connectivity index (χ3n) is 3.46. The first-order chi connectivity index (χ1) is 10.2. The molecule has 0 bridgehead atoms. The van der Waals surface area contributed by atoms with Crippen LogP contribution in [0.2, 0.25) is 0 Å². The lowest BCUT2D eigenvalue weighted by atomic mass is 10.2. The number of nitrogens with two attached hydrogens (primary N) is 1. The van der Waals surface area contributed by atoms with Crippen LogP contribution in [0.1, 0.15) is 13.2 Å². The zero-order valence-corrected chi connectivity index (χ0v) is 13.0. The van der Waals surface area contributed by atoms with Crippen LogP contribution in [0, 0.1) is 0 Å². The molecule has 1 aliphatic heterocycles. The molecule has 1 fully saturated rings. The molecule has 0 aromatic carbocycles. The van der Waals surface area contributed by atoms with Gasteiger partial charge < -0.3 is 15.6 Å². The SMILES string of the molecule is CCS[C@H]1[C@H](Cl)[C@@H](CO)O[C@H]1n1cnc2c(N)ncnc21. The summed E-state index contributed by atoms with van der Waals surface area (Å²) in [7, 11) is 0. The van der Waals surface area contributed by atoms with Gasteiger partial charge in [0.05, 0.1) is 23.6 Å². The third kappa shape index (κ3) is 2.46. The summed E-state index contributed by atoms with van der Waals surface area (Å²) < 4.78 is 7.71. The third-order valence-corrected chi connectivity index (χ3v) is 5.41. The number of thioether (sulfide) groups is 1. The summed E-state index contributed by atoms with van der Waals surface area (Å²) in [6, 6.07) is 0. The molecule has 0 aliphatic carbocycles. The molecule has 3 heterocycles. The predicted molar refractivity (Wildman–Crippen MR) is 82.3 cm³/mol. The second-order valence-electron chi connectivity index (χ2n) is 4.70. The Morgan fingerprint density at radius 1 is 1.48 bits per heavy atom. The molecule has 2 aromatic heterocycles. The first-order valence-corrected chi connectivity index (χ1v) is 8.10. The van der Waals surface area contributed by atoms with Crippen LogP contribution < -0.4 is 5.73 Å². The Kier molecular flexibility index (Phi) is 4.21. The fraction of sp³-hybridized carbons (Fsp3) is 0.583. The van der Waals surface area contributed by atoms with Crippen molar-refractivity contribution in [3.63, 3.8) is 0 Å². The Morgan fingerprint density at radius 2 is 2.29 bits per heavy atom. The summed E-state index contributed by atoms with van der Waals surface area (Å²) in [6.07, 6.45) is 2.28. The molecule has 0 radical (unpaired) electrons. The monoisotopic (exact) mass is 329 g/mol. The van der Waals surface area contributed by atoms with E-state index < -0.39 is 6.10 Å². The van der Waals surface area contributed by atoms with E-state index in [-0.39, 0.29) is 23.5 Å². The van der Waals surface area contributed by atoms with Crippen molar-refractivity contribution in [2.24, 2.45) is 0 Å². The van der Waals surface area contributed by atoms with Crippen molar-refractivity contribution in [2.75, 3.05) is 18.1 Å². The van der Waals surface area contributed by atoms with Gasteiger partial charge in [0, 0.05) is 0 Å². The normalized spacial score (nSPS) is 29.3. The van der Waals surface area contributed by atoms with Gasteiger partial charge in [-0.05, 0) is 5.75 Å². The summed E-state index contributed by atoms with van der Waals surface area (Å²) in [6.45, 7) is 1.94. The van der Waals surface area contributed by atoms with Crippen LogP contribution in [0.3, 0.4) is 0 Å². The number of nitrogens with zero attached hydrogens (tertiary/aromatic N) is 4. The van der Waals surface area contributed by atoms with Crippen LogP contribution in [0.5, 0.6) is 0 Å². The van der Waals surface area contributed by atoms with Crippen molar-refractivity contribution in [2.45, 2.75) is 29.9 Å². The van der Waals surface area contributed by atoms with Gasteiger partial charge in [-0.2, -0.15) is 11.8 Å². The van der Waals surface area contributed by atoms with E-state index in [2.05, 4.69) is 21.9 Å². The minimum atomic E-state index is -0.405. The lowest BCUT2D eigenvalue weighted by Gasteiger charge is -2.20. The summed E-state index contributed by atoms with van der Waals surface area (Å²) in [5.74, 6) is 1.23. The van der Waals surface area contributed by atoms with Gasteiger partial charge in [0.25, 0.3) is 0 Å². The molecule has 0 saturated carbocycles. The molecule has 114 valence electrons. The number of aromatic nitrogens is 4. The number of hydrogen-bond donors (Lipinski definition) is 2. The molecule has 0 amide bonds. The van der Waals surface area contributed by atoms with Crippen molar-refractivity contribution < 1.29 is 9.84 Å². The first kappa shape index (κ1) is 14.8. The number of ether oxygens (including phenoxy) is 1. The summed E-state index contributed by atoms with van der Waals surface area (Å²) in [5, 5.41) is 9.13. The predicted octanol–water partition coefficient (Wildman–Crippen LogP) is 1.03. The van der Waals surface area contributed by atoms with Gasteiger partial charge in [0.2, 0.25) is 0 Å². The number of rotatable bonds is 4. The quantitative estimate of drug-likeness (QED) is 0.808. The molecule has 0 spiro atoms. The Morgan fingerprint density at radius 3 is 3.00 bits per heavy atom. The average molecular weight is 330 g/mol. The maximum atomic E-state index is 9.41. The van der Waals surface area contributed by atoms with Crippen molar-refractivity contribution in [3.8, 4) is 0 Å². The second-order valence-corrected chi connectivity index (χ2v) is 6.65. The number of halogens is 1. The standard InChI is InChI=1S/C12H16ClN5O2S/c1-2-21-9-7(13)6(3-19)20-12(9)18-5-17-8-10(14)15-4-16-11(8)18/h4-7,9,12,19H,2-3H2,1H3,(H2,14,15,16)/t6-,7-,9+,12-/m1/s1. The summed E-state index contributed by atoms with van der Waals surface area (Å²) in [5.41, 5.74) is 6.95. The Labute approximate surface area is 130 Å². The minimum Gasteiger partial charge on any atom is -0.394 e. The van der Waals surface area contributed by atoms with Crippen molar-refractivity contribution in [1.29, 1.82) is 0 Å². The number of hydrogen-bond acceptors (Lipinski definition) is 7. The number of nitrogen functional groups attached to an aromatic ring is 1. The number of imidazole rings is 1. The van der Waals surface area contributed by atoms with Gasteiger partial charge in [0.1, 0.15) is 17.9 Å². The van der Waals surface area contributed by atoms with Crippen molar-refractivity contribution in [1.82, 2.24) is 19.5 Å². The topological polar surface area (TPSA) is 99.1 Å². The molecule has 1 saturated heterocycles. The Bertz CT molecular complexity index is 639. The molecule has 0 unspecified atom stereocenters. The van der Waals surface area contributed by atoms with E-state index >= 15 is 0 Å². The van der Waals surface area contributed by atoms with Crippen LogP contribution >= 0.6 is 23.4 Å². The van der Waals surface area contributed by atoms with Gasteiger partial charge in [-0.1, -0.05) is 6.92 Å². The molecular weight excluding hydrogens is 314 g/mol. The second kappa shape index (κ2) is 5.96. The molecule has 4 atom stereocenters. The summed E-state index contributed by atoms with van der Waals surface area (Å²) >= 11 is 8.11. The molecule has 7 nitrogen and oxygen atoms in total. The molecule has 3 rings (SSSR count). The number of fused-ring (bicyclic) bond motifs is 1. The van der Waals surface area contributed by atoms with Gasteiger partial charge in [-0.3, -0.25) is 4.57 Å². The molecule has 21 heavy (non-hydrogen) atoms. The van der Waals surface area contributed by atoms with Crippen LogP contribution in [0.25, 0.3) is 11.2 Å². The van der Waals surface area contributed by atoms with Crippen LogP contribution in [-0.2, 0) is 4.74 Å². The maximum Gasteiger partial charge on any atom is 0.167 e. The number of anilines is 1. The highest BCUT2D eigenvalue weighted by molar-refractivity contribution is 8.00. The summed E-state index contributed by atoms with van der Waals surface area (Å²) in [4.78, 5) is 12.4. The van der Waals surface area contributed by atoms with Crippen molar-refractivity contribution >= 4 is 40.3 Å². The number of aliphatic hydroxyl groups excluding tert-OH is 1. The first-order valence-electron chi connectivity index (χ1n) is 6.62. The number of alkyl halides is 1. The largest absolute Gasteiger partial charge is 0.394 e. The van der Waals surface area contributed by atoms with E-state index in [1.165, 1.54) is 6.33 Å². The minimum absolute atomic E-state index is 0.00223. The van der Waals surface area contributed by atoms with E-state index in [9.17, 15) is 5.11 Å². The van der Waals surface area contributed by atoms with Gasteiger partial charge >= 0.3 is 0 Å². The van der Waals surface area contributed by atoms with Gasteiger partial charge in [-0.25, -0.2) is 15.0 Å². The van der Waals surface area contributed by atoms with E-state index in [0.717, 1.165) is 5.75 Å². The highest BCUT2D eigenvalue weighted by atomic mass is 35.5. The maximum absolute atomic E-state index is 9.41. The molecule has 2 aromatic rings. The van der Waals surface area contributed by atoms with Crippen molar-refractivity contribution in [3.05, 3.63) is 12.7 Å². The number of aliphatic hydroxyl groups is 1. The zero-order chi connectivity index (χ0) is 15.0. The van der Waals surface area contributed by atoms with E-state index in [1.54, 1.807) is 18.1 Å². The van der Waals surface area contributed by atoms with Crippen LogP contribution in [0.15, 0.2) is 12.7 Å². The fourth-order valence-corrected chi connectivity index (χ4v) is 4.08. The van der Waals surface area contributed by atoms with Gasteiger partial charge in [0.15, 0.2) is 17.7 Å². The zero-order valence-electron chi connectivity index (χ0n) is 11.4. The Balaban J connectivity index is 2.02. The highest BCUT2D eigenvalue weighted by Gasteiger charge is 2.44. The van der Waals surface area contributed by atoms with E-state index in [4.69, 9.17) is 22.1 Å². The molecule has 9 heteroatoms. The lowest BCUT2D eigenvalue weighted by molar-refractivity contribution is -0.0189. The molecule has 3 N–H and O–H groups in total. The van der Waals surface area contributed by atoms with Gasteiger partial charge in [-0.15, -0.1) is 11.6 Å². The van der Waals surface area contributed by atoms with Crippen LogP contribution in [-0.4, -0.2) is 53.7 Å². The van der Waals surface area contributed by atoms with Crippen LogP contribution in [0.4, 0.5) is 5.82 Å². The fourth-order valence-electron chi connectivity index (χ4n) is 2.49. The highest BCUT2D eigenvalue weighted by Crippen LogP contribution is 2.41. The lowest BCUT2D eigenvalue weighted by Crippen LogP contribution is -2.26. The molecule has 1 aliphatic rings. The van der Waals surface area contributed by atoms with E-state index in [1.807, 2.05) is 4.57 Å².